The summed E-state index contributed by atoms with van der Waals surface area (Å²) >= 11 is 0. The van der Waals surface area contributed by atoms with Crippen LogP contribution in [-0.4, -0.2) is 33.7 Å². The number of aliphatic hydroxyl groups excluding tert-OH is 2. The van der Waals surface area contributed by atoms with Crippen molar-refractivity contribution in [3.05, 3.63) is 39.4 Å². The number of nitro benzene ring substituents is 1. The molecule has 0 bridgehead atoms. The van der Waals surface area contributed by atoms with Crippen molar-refractivity contribution in [1.29, 1.82) is 0 Å². The third kappa shape index (κ3) is 4.01. The number of aliphatic hydroxyl groups is 2. The van der Waals surface area contributed by atoms with Crippen molar-refractivity contribution in [2.75, 3.05) is 6.54 Å². The van der Waals surface area contributed by atoms with E-state index in [0.717, 1.165) is 0 Å². The summed E-state index contributed by atoms with van der Waals surface area (Å²) in [6.07, 6.45) is -2.46. The largest absolute Gasteiger partial charge is 0.390 e. The first-order valence-electron chi connectivity index (χ1n) is 6.19. The molecule has 20 heavy (non-hydrogen) atoms. The van der Waals surface area contributed by atoms with Gasteiger partial charge in [0.1, 0.15) is 6.10 Å². The van der Waals surface area contributed by atoms with Crippen molar-refractivity contribution in [2.24, 2.45) is 0 Å². The zero-order valence-corrected chi connectivity index (χ0v) is 11.4. The maximum absolute atomic E-state index is 11.0. The number of rotatable bonds is 6. The monoisotopic (exact) mass is 282 g/mol. The van der Waals surface area contributed by atoms with E-state index in [0.29, 0.717) is 5.56 Å². The van der Waals surface area contributed by atoms with Gasteiger partial charge in [-0.2, -0.15) is 0 Å². The minimum atomic E-state index is -1.37. The third-order valence-electron chi connectivity index (χ3n) is 2.97. The lowest BCUT2D eigenvalue weighted by atomic mass is 9.96. The molecule has 2 unspecified atom stereocenters. The van der Waals surface area contributed by atoms with Gasteiger partial charge in [0.2, 0.25) is 5.91 Å². The van der Waals surface area contributed by atoms with Crippen LogP contribution < -0.4 is 5.32 Å². The van der Waals surface area contributed by atoms with Crippen LogP contribution in [0.4, 0.5) is 5.69 Å². The normalized spacial score (nSPS) is 13.6. The van der Waals surface area contributed by atoms with Gasteiger partial charge in [-0.05, 0) is 18.9 Å². The van der Waals surface area contributed by atoms with Gasteiger partial charge < -0.3 is 15.5 Å². The van der Waals surface area contributed by atoms with Crippen LogP contribution in [-0.2, 0) is 4.79 Å². The van der Waals surface area contributed by atoms with Gasteiger partial charge in [-0.3, -0.25) is 14.9 Å². The number of hydrogen-bond donors (Lipinski definition) is 3. The van der Waals surface area contributed by atoms with Crippen molar-refractivity contribution in [3.8, 4) is 0 Å². The number of nitro groups is 1. The summed E-state index contributed by atoms with van der Waals surface area (Å²) in [4.78, 5) is 21.1. The molecule has 0 fully saturated rings. The summed E-state index contributed by atoms with van der Waals surface area (Å²) in [6.45, 7) is 3.16. The second-order valence-corrected chi connectivity index (χ2v) is 4.55. The van der Waals surface area contributed by atoms with E-state index in [1.165, 1.54) is 19.1 Å². The molecule has 0 aliphatic heterocycles. The Morgan fingerprint density at radius 3 is 2.65 bits per heavy atom. The van der Waals surface area contributed by atoms with E-state index < -0.39 is 17.1 Å². The van der Waals surface area contributed by atoms with Crippen LogP contribution in [0.2, 0.25) is 0 Å². The van der Waals surface area contributed by atoms with Crippen LogP contribution in [0, 0.1) is 17.0 Å². The molecule has 1 amide bonds. The van der Waals surface area contributed by atoms with Crippen LogP contribution in [0.15, 0.2) is 18.2 Å². The summed E-state index contributed by atoms with van der Waals surface area (Å²) in [7, 11) is 0. The van der Waals surface area contributed by atoms with Gasteiger partial charge in [0, 0.05) is 19.5 Å². The highest BCUT2D eigenvalue weighted by molar-refractivity contribution is 5.72. The first-order valence-corrected chi connectivity index (χ1v) is 6.19. The molecule has 0 aromatic heterocycles. The molecule has 0 heterocycles. The van der Waals surface area contributed by atoms with E-state index in [1.54, 1.807) is 13.0 Å². The first kappa shape index (κ1) is 16.1. The van der Waals surface area contributed by atoms with Crippen molar-refractivity contribution >= 4 is 11.6 Å². The highest BCUT2D eigenvalue weighted by Crippen LogP contribution is 2.30. The Labute approximate surface area is 116 Å². The zero-order chi connectivity index (χ0) is 15.3. The molecule has 7 heteroatoms. The number of nitrogens with one attached hydrogen (secondary N) is 1. The number of nitrogens with zero attached hydrogens (tertiary/aromatic N) is 1. The summed E-state index contributed by atoms with van der Waals surface area (Å²) in [5, 5.41) is 33.4. The molecule has 0 radical (unpaired) electrons. The molecule has 0 aliphatic carbocycles. The predicted octanol–water partition coefficient (Wildman–Crippen LogP) is 0.824. The standard InChI is InChI=1S/C13H18N2O5/c1-8-4-3-5-10(15(19)20)12(8)13(18)11(17)6-7-14-9(2)16/h3-5,11,13,17-18H,6-7H2,1-2H3,(H,14,16). The maximum atomic E-state index is 11.0. The quantitative estimate of drug-likeness (QED) is 0.528. The molecule has 2 atom stereocenters. The Bertz CT molecular complexity index is 504. The Kier molecular flexibility index (Phi) is 5.60. The molecule has 110 valence electrons. The van der Waals surface area contributed by atoms with Gasteiger partial charge in [-0.25, -0.2) is 0 Å². The Balaban J connectivity index is 2.88. The number of carbonyl (C=O) groups excluding carboxylic acids is 1. The maximum Gasteiger partial charge on any atom is 0.275 e. The summed E-state index contributed by atoms with van der Waals surface area (Å²) < 4.78 is 0. The van der Waals surface area contributed by atoms with Crippen LogP contribution in [0.5, 0.6) is 0 Å². The Morgan fingerprint density at radius 1 is 1.45 bits per heavy atom. The summed E-state index contributed by atoms with van der Waals surface area (Å²) in [5.41, 5.74) is 0.411. The SMILES string of the molecule is CC(=O)NCCC(O)C(O)c1c(C)cccc1[N+](=O)[O-]. The second-order valence-electron chi connectivity index (χ2n) is 4.55. The second kappa shape index (κ2) is 6.97. The molecular formula is C13H18N2O5. The number of carbonyl (C=O) groups is 1. The van der Waals surface area contributed by atoms with E-state index >= 15 is 0 Å². The summed E-state index contributed by atoms with van der Waals surface area (Å²) in [6, 6.07) is 4.44. The number of hydrogen-bond acceptors (Lipinski definition) is 5. The minimum absolute atomic E-state index is 0.103. The molecule has 0 saturated carbocycles. The van der Waals surface area contributed by atoms with E-state index in [9.17, 15) is 25.1 Å². The molecule has 1 aromatic carbocycles. The minimum Gasteiger partial charge on any atom is -0.390 e. The molecule has 1 rings (SSSR count). The molecule has 0 aliphatic rings. The first-order chi connectivity index (χ1) is 9.34. The van der Waals surface area contributed by atoms with Gasteiger partial charge in [0.05, 0.1) is 16.6 Å². The van der Waals surface area contributed by atoms with Crippen LogP contribution in [0.3, 0.4) is 0 Å². The van der Waals surface area contributed by atoms with Gasteiger partial charge >= 0.3 is 0 Å². The van der Waals surface area contributed by atoms with Crippen LogP contribution in [0.1, 0.15) is 30.6 Å². The summed E-state index contributed by atoms with van der Waals surface area (Å²) in [5.74, 6) is -0.242. The fraction of sp³-hybridized carbons (Fsp3) is 0.462. The Morgan fingerprint density at radius 2 is 2.10 bits per heavy atom. The highest BCUT2D eigenvalue weighted by atomic mass is 16.6. The lowest BCUT2D eigenvalue weighted by molar-refractivity contribution is -0.386. The zero-order valence-electron chi connectivity index (χ0n) is 11.4. The highest BCUT2D eigenvalue weighted by Gasteiger charge is 2.27. The molecule has 3 N–H and O–H groups in total. The van der Waals surface area contributed by atoms with Gasteiger partial charge in [-0.15, -0.1) is 0 Å². The van der Waals surface area contributed by atoms with Crippen molar-refractivity contribution in [2.45, 2.75) is 32.5 Å². The van der Waals surface area contributed by atoms with Gasteiger partial charge in [-0.1, -0.05) is 12.1 Å². The lowest BCUT2D eigenvalue weighted by Gasteiger charge is -2.19. The lowest BCUT2D eigenvalue weighted by Crippen LogP contribution is -2.28. The number of benzene rings is 1. The molecule has 0 spiro atoms. The molecule has 0 saturated heterocycles. The van der Waals surface area contributed by atoms with E-state index in [2.05, 4.69) is 5.32 Å². The van der Waals surface area contributed by atoms with Crippen molar-refractivity contribution in [3.63, 3.8) is 0 Å². The van der Waals surface area contributed by atoms with E-state index in [1.807, 2.05) is 0 Å². The molecular weight excluding hydrogens is 264 g/mol. The van der Waals surface area contributed by atoms with Gasteiger partial charge in [0.15, 0.2) is 0 Å². The Hall–Kier alpha value is -1.99. The average Bonchev–Trinajstić information content (AvgIpc) is 2.36. The molecule has 7 nitrogen and oxygen atoms in total. The fourth-order valence-electron chi connectivity index (χ4n) is 1.96. The van der Waals surface area contributed by atoms with Crippen LogP contribution >= 0.6 is 0 Å². The topological polar surface area (TPSA) is 113 Å². The smallest absolute Gasteiger partial charge is 0.275 e. The number of amides is 1. The third-order valence-corrected chi connectivity index (χ3v) is 2.97. The van der Waals surface area contributed by atoms with Crippen molar-refractivity contribution < 1.29 is 19.9 Å². The fourth-order valence-corrected chi connectivity index (χ4v) is 1.96. The average molecular weight is 282 g/mol. The van der Waals surface area contributed by atoms with Crippen molar-refractivity contribution in [1.82, 2.24) is 5.32 Å². The van der Waals surface area contributed by atoms with E-state index in [4.69, 9.17) is 0 Å². The predicted molar refractivity (Wildman–Crippen MR) is 72.1 cm³/mol. The van der Waals surface area contributed by atoms with Crippen LogP contribution in [0.25, 0.3) is 0 Å². The number of aryl methyl sites for hydroxylation is 1. The van der Waals surface area contributed by atoms with E-state index in [-0.39, 0.29) is 30.1 Å². The van der Waals surface area contributed by atoms with Gasteiger partial charge in [0.25, 0.3) is 5.69 Å². The molecule has 1 aromatic rings.